The van der Waals surface area contributed by atoms with Crippen LogP contribution in [-0.2, 0) is 9.59 Å². The van der Waals surface area contributed by atoms with Crippen LogP contribution in [-0.4, -0.2) is 74.1 Å². The number of carbonyl (C=O) groups is 2. The summed E-state index contributed by atoms with van der Waals surface area (Å²) >= 11 is 0. The number of amides is 2. The Bertz CT molecular complexity index is 956. The predicted octanol–water partition coefficient (Wildman–Crippen LogP) is 2.94. The molecule has 2 aliphatic rings. The van der Waals surface area contributed by atoms with Gasteiger partial charge in [0.15, 0.2) is 18.1 Å². The highest BCUT2D eigenvalue weighted by molar-refractivity contribution is 5.80. The molecule has 1 aliphatic carbocycles. The molecule has 2 aromatic rings. The van der Waals surface area contributed by atoms with E-state index in [-0.39, 0.29) is 30.3 Å². The summed E-state index contributed by atoms with van der Waals surface area (Å²) in [6.45, 7) is 2.96. The molecule has 0 atom stereocenters. The van der Waals surface area contributed by atoms with E-state index in [0.717, 1.165) is 18.5 Å². The molecular formula is C25H30FN3O4. The van der Waals surface area contributed by atoms with Crippen LogP contribution in [0.4, 0.5) is 10.1 Å². The molecule has 33 heavy (non-hydrogen) atoms. The number of hydrogen-bond donors (Lipinski definition) is 0. The molecule has 0 aromatic heterocycles. The third-order valence-corrected chi connectivity index (χ3v) is 6.12. The molecule has 1 aliphatic heterocycles. The van der Waals surface area contributed by atoms with Gasteiger partial charge in [0.1, 0.15) is 5.82 Å². The number of piperazine rings is 1. The number of benzene rings is 2. The molecule has 0 unspecified atom stereocenters. The van der Waals surface area contributed by atoms with E-state index in [2.05, 4.69) is 4.90 Å². The predicted molar refractivity (Wildman–Crippen MR) is 123 cm³/mol. The lowest BCUT2D eigenvalue weighted by Crippen LogP contribution is -2.49. The first-order chi connectivity index (χ1) is 16.0. The van der Waals surface area contributed by atoms with Crippen molar-refractivity contribution in [2.75, 3.05) is 51.3 Å². The van der Waals surface area contributed by atoms with Crippen LogP contribution in [0.2, 0.25) is 0 Å². The molecule has 8 heteroatoms. The second-order valence-electron chi connectivity index (χ2n) is 8.35. The van der Waals surface area contributed by atoms with E-state index in [1.807, 2.05) is 17.0 Å². The summed E-state index contributed by atoms with van der Waals surface area (Å²) in [7, 11) is 1.56. The van der Waals surface area contributed by atoms with Crippen molar-refractivity contribution in [3.63, 3.8) is 0 Å². The number of halogens is 1. The molecule has 0 N–H and O–H groups in total. The molecule has 176 valence electrons. The average Bonchev–Trinajstić information content (AvgIpc) is 3.69. The molecule has 0 spiro atoms. The Kier molecular flexibility index (Phi) is 7.32. The molecule has 1 saturated carbocycles. The van der Waals surface area contributed by atoms with E-state index in [9.17, 15) is 14.0 Å². The molecular weight excluding hydrogens is 425 g/mol. The first kappa shape index (κ1) is 22.9. The van der Waals surface area contributed by atoms with Crippen molar-refractivity contribution < 1.29 is 23.5 Å². The highest BCUT2D eigenvalue weighted by Gasteiger charge is 2.33. The van der Waals surface area contributed by atoms with Crippen LogP contribution in [0, 0.1) is 5.82 Å². The Hall–Kier alpha value is -3.29. The third-order valence-electron chi connectivity index (χ3n) is 6.12. The van der Waals surface area contributed by atoms with Gasteiger partial charge >= 0.3 is 0 Å². The van der Waals surface area contributed by atoms with Crippen LogP contribution in [0.1, 0.15) is 19.3 Å². The van der Waals surface area contributed by atoms with Gasteiger partial charge in [-0.05, 0) is 49.2 Å². The quantitative estimate of drug-likeness (QED) is 0.582. The highest BCUT2D eigenvalue weighted by Crippen LogP contribution is 2.29. The second-order valence-corrected chi connectivity index (χ2v) is 8.35. The van der Waals surface area contributed by atoms with Gasteiger partial charge in [-0.3, -0.25) is 9.59 Å². The third kappa shape index (κ3) is 5.94. The molecule has 1 heterocycles. The maximum atomic E-state index is 13.1. The van der Waals surface area contributed by atoms with Gasteiger partial charge < -0.3 is 24.2 Å². The van der Waals surface area contributed by atoms with Gasteiger partial charge in [0, 0.05) is 50.9 Å². The average molecular weight is 456 g/mol. The molecule has 1 saturated heterocycles. The second kappa shape index (κ2) is 10.6. The van der Waals surface area contributed by atoms with E-state index in [1.165, 1.54) is 12.1 Å². The molecule has 7 nitrogen and oxygen atoms in total. The molecule has 2 fully saturated rings. The van der Waals surface area contributed by atoms with Crippen molar-refractivity contribution >= 4 is 17.5 Å². The van der Waals surface area contributed by atoms with Gasteiger partial charge in [-0.1, -0.05) is 12.1 Å². The van der Waals surface area contributed by atoms with Crippen LogP contribution >= 0.6 is 0 Å². The van der Waals surface area contributed by atoms with Crippen LogP contribution < -0.4 is 14.4 Å². The van der Waals surface area contributed by atoms with E-state index in [0.29, 0.717) is 50.6 Å². The number of nitrogens with zero attached hydrogens (tertiary/aromatic N) is 3. The first-order valence-corrected chi connectivity index (χ1v) is 11.4. The van der Waals surface area contributed by atoms with E-state index in [1.54, 1.807) is 36.3 Å². The maximum Gasteiger partial charge on any atom is 0.260 e. The fourth-order valence-electron chi connectivity index (χ4n) is 4.10. The van der Waals surface area contributed by atoms with Crippen LogP contribution in [0.5, 0.6) is 11.5 Å². The van der Waals surface area contributed by atoms with Gasteiger partial charge in [0.25, 0.3) is 5.91 Å². The summed E-state index contributed by atoms with van der Waals surface area (Å²) < 4.78 is 24.1. The van der Waals surface area contributed by atoms with Crippen molar-refractivity contribution in [1.29, 1.82) is 0 Å². The van der Waals surface area contributed by atoms with E-state index in [4.69, 9.17) is 9.47 Å². The largest absolute Gasteiger partial charge is 0.493 e. The Morgan fingerprint density at radius 1 is 1.00 bits per heavy atom. The maximum absolute atomic E-state index is 13.1. The highest BCUT2D eigenvalue weighted by atomic mass is 19.1. The minimum atomic E-state index is -0.254. The lowest BCUT2D eigenvalue weighted by atomic mass is 10.2. The molecule has 2 amide bonds. The zero-order valence-electron chi connectivity index (χ0n) is 18.9. The normalized spacial score (nSPS) is 15.8. The summed E-state index contributed by atoms with van der Waals surface area (Å²) in [4.78, 5) is 31.4. The minimum Gasteiger partial charge on any atom is -0.493 e. The summed E-state index contributed by atoms with van der Waals surface area (Å²) in [5.41, 5.74) is 0.962. The Morgan fingerprint density at radius 2 is 1.67 bits per heavy atom. The number of methoxy groups -OCH3 is 1. The van der Waals surface area contributed by atoms with Gasteiger partial charge in [0.2, 0.25) is 5.91 Å². The number of para-hydroxylation sites is 2. The zero-order valence-corrected chi connectivity index (χ0v) is 18.9. The standard InChI is InChI=1S/C25H30FN3O4/c1-32-22-4-2-3-5-23(22)33-18-25(31)29(21-10-11-21)13-12-24(30)28-16-14-27(15-17-28)20-8-6-19(26)7-9-20/h2-9,21H,10-18H2,1H3. The summed E-state index contributed by atoms with van der Waals surface area (Å²) in [5, 5.41) is 0. The number of ether oxygens (including phenoxy) is 2. The monoisotopic (exact) mass is 455 g/mol. The Morgan fingerprint density at radius 3 is 2.30 bits per heavy atom. The van der Waals surface area contributed by atoms with Crippen molar-refractivity contribution in [1.82, 2.24) is 9.80 Å². The minimum absolute atomic E-state index is 0.0536. The topological polar surface area (TPSA) is 62.3 Å². The molecule has 4 rings (SSSR count). The summed E-state index contributed by atoms with van der Waals surface area (Å²) in [6, 6.07) is 13.8. The summed E-state index contributed by atoms with van der Waals surface area (Å²) in [5.74, 6) is 0.795. The fraction of sp³-hybridized carbons (Fsp3) is 0.440. The van der Waals surface area contributed by atoms with E-state index >= 15 is 0 Å². The smallest absolute Gasteiger partial charge is 0.260 e. The summed E-state index contributed by atoms with van der Waals surface area (Å²) in [6.07, 6.45) is 2.23. The fourth-order valence-corrected chi connectivity index (χ4v) is 4.10. The number of rotatable bonds is 9. The van der Waals surface area contributed by atoms with Crippen LogP contribution in [0.15, 0.2) is 48.5 Å². The van der Waals surface area contributed by atoms with Gasteiger partial charge in [-0.25, -0.2) is 4.39 Å². The first-order valence-electron chi connectivity index (χ1n) is 11.4. The lowest BCUT2D eigenvalue weighted by Gasteiger charge is -2.36. The van der Waals surface area contributed by atoms with Crippen LogP contribution in [0.3, 0.4) is 0 Å². The number of hydrogen-bond acceptors (Lipinski definition) is 5. The molecule has 0 radical (unpaired) electrons. The molecule has 2 aromatic carbocycles. The SMILES string of the molecule is COc1ccccc1OCC(=O)N(CCC(=O)N1CCN(c2ccc(F)cc2)CC1)C1CC1. The van der Waals surface area contributed by atoms with Gasteiger partial charge in [-0.2, -0.15) is 0 Å². The van der Waals surface area contributed by atoms with Crippen molar-refractivity contribution in [3.8, 4) is 11.5 Å². The van der Waals surface area contributed by atoms with Crippen LogP contribution in [0.25, 0.3) is 0 Å². The van der Waals surface area contributed by atoms with Crippen molar-refractivity contribution in [2.45, 2.75) is 25.3 Å². The number of anilines is 1. The van der Waals surface area contributed by atoms with Crippen molar-refractivity contribution in [3.05, 3.63) is 54.3 Å². The Balaban J connectivity index is 1.25. The molecule has 0 bridgehead atoms. The zero-order chi connectivity index (χ0) is 23.2. The van der Waals surface area contributed by atoms with Gasteiger partial charge in [0.05, 0.1) is 7.11 Å². The van der Waals surface area contributed by atoms with Crippen molar-refractivity contribution in [2.24, 2.45) is 0 Å². The Labute approximate surface area is 193 Å². The lowest BCUT2D eigenvalue weighted by molar-refractivity contribution is -0.136. The van der Waals surface area contributed by atoms with E-state index < -0.39 is 0 Å². The van der Waals surface area contributed by atoms with Gasteiger partial charge in [-0.15, -0.1) is 0 Å². The number of carbonyl (C=O) groups excluding carboxylic acids is 2.